The van der Waals surface area contributed by atoms with Gasteiger partial charge in [0.25, 0.3) is 5.69 Å². The number of pyridine rings is 1. The summed E-state index contributed by atoms with van der Waals surface area (Å²) in [5.41, 5.74) is 0.693. The number of nitrogens with one attached hydrogen (secondary N) is 1. The Kier molecular flexibility index (Phi) is 5.83. The number of aromatic nitrogens is 2. The first-order valence-corrected chi connectivity index (χ1v) is 11.7. The van der Waals surface area contributed by atoms with E-state index in [-0.39, 0.29) is 21.9 Å². The summed E-state index contributed by atoms with van der Waals surface area (Å²) in [7, 11) is -1.08. The summed E-state index contributed by atoms with van der Waals surface area (Å²) < 4.78 is 58.7. The van der Waals surface area contributed by atoms with Gasteiger partial charge in [-0.2, -0.15) is 13.2 Å². The van der Waals surface area contributed by atoms with Gasteiger partial charge in [-0.3, -0.25) is 5.21 Å². The van der Waals surface area contributed by atoms with Crippen molar-refractivity contribution < 1.29 is 27.3 Å². The van der Waals surface area contributed by atoms with Crippen LogP contribution in [0.4, 0.5) is 13.2 Å². The smallest absolute Gasteiger partial charge is 0.347 e. The molecule has 2 heterocycles. The Labute approximate surface area is 187 Å². The van der Waals surface area contributed by atoms with E-state index in [9.17, 15) is 22.6 Å². The predicted octanol–water partition coefficient (Wildman–Crippen LogP) is 4.81. The van der Waals surface area contributed by atoms with E-state index < -0.39 is 22.7 Å². The van der Waals surface area contributed by atoms with Crippen molar-refractivity contribution in [2.45, 2.75) is 58.1 Å². The van der Waals surface area contributed by atoms with Crippen molar-refractivity contribution in [1.82, 2.24) is 9.29 Å². The van der Waals surface area contributed by atoms with Crippen molar-refractivity contribution in [2.75, 3.05) is 0 Å². The number of halogens is 3. The van der Waals surface area contributed by atoms with Gasteiger partial charge in [0.15, 0.2) is 0 Å². The van der Waals surface area contributed by atoms with Crippen molar-refractivity contribution in [3.05, 3.63) is 53.9 Å². The third-order valence-corrected chi connectivity index (χ3v) is 6.90. The van der Waals surface area contributed by atoms with E-state index in [4.69, 9.17) is 0 Å². The molecule has 0 aliphatic heterocycles. The molecule has 1 atom stereocenters. The molecular formula is C23H27F3N3O2S+. The van der Waals surface area contributed by atoms with Crippen molar-refractivity contribution in [2.24, 2.45) is 5.41 Å². The topological polar surface area (TPSA) is 58.1 Å². The number of benzene rings is 1. The van der Waals surface area contributed by atoms with E-state index >= 15 is 0 Å². The zero-order valence-electron chi connectivity index (χ0n) is 18.2. The molecule has 9 heteroatoms. The third kappa shape index (κ3) is 4.83. The molecule has 5 nitrogen and oxygen atoms in total. The number of fused-ring (bicyclic) bond motifs is 1. The van der Waals surface area contributed by atoms with Gasteiger partial charge < -0.3 is 4.57 Å². The lowest BCUT2D eigenvalue weighted by atomic mass is 9.97. The summed E-state index contributed by atoms with van der Waals surface area (Å²) in [4.78, 5) is 0. The zero-order valence-corrected chi connectivity index (χ0v) is 19.1. The first kappa shape index (κ1) is 22.8. The molecule has 2 N–H and O–H groups in total. The Hall–Kier alpha value is -2.39. The van der Waals surface area contributed by atoms with Gasteiger partial charge in [0.1, 0.15) is 5.56 Å². The fraction of sp³-hybridized carbons (Fsp3) is 0.435. The minimum Gasteiger partial charge on any atom is -0.347 e. The van der Waals surface area contributed by atoms with E-state index in [1.165, 1.54) is 6.20 Å². The van der Waals surface area contributed by atoms with Gasteiger partial charge in [0.2, 0.25) is 6.20 Å². The molecule has 172 valence electrons. The summed E-state index contributed by atoms with van der Waals surface area (Å²) in [6, 6.07) is 7.16. The molecule has 2 aromatic heterocycles. The van der Waals surface area contributed by atoms with E-state index in [1.807, 2.05) is 10.8 Å². The Morgan fingerprint density at radius 1 is 1.22 bits per heavy atom. The molecule has 4 rings (SSSR count). The Bertz CT molecular complexity index is 1180. The number of alkyl halides is 3. The molecular weight excluding hydrogens is 439 g/mol. The highest BCUT2D eigenvalue weighted by Gasteiger charge is 2.39. The van der Waals surface area contributed by atoms with Gasteiger partial charge in [0, 0.05) is 46.2 Å². The largest absolute Gasteiger partial charge is 0.422 e. The van der Waals surface area contributed by atoms with Crippen LogP contribution in [0.3, 0.4) is 0 Å². The van der Waals surface area contributed by atoms with Crippen LogP contribution in [-0.4, -0.2) is 19.2 Å². The van der Waals surface area contributed by atoms with Crippen LogP contribution >= 0.6 is 0 Å². The standard InChI is InChI=1S/C23H27F3N3O2S/c1-22(2,3)14-28-13-16(12-27-32(31)17-7-8-17)18-9-6-15(11-20(18)28)21-19(23(24,25)26)5-4-10-29(21)30/h4-6,9-11,13,17,27,30H,7-8,12,14H2,1-3H3/q+1. The number of hydrogen-bond acceptors (Lipinski definition) is 2. The van der Waals surface area contributed by atoms with Gasteiger partial charge in [-0.1, -0.05) is 26.8 Å². The normalized spacial score (nSPS) is 15.9. The maximum absolute atomic E-state index is 13.6. The molecule has 0 radical (unpaired) electrons. The molecule has 0 saturated heterocycles. The molecule has 0 spiro atoms. The average Bonchev–Trinajstić information content (AvgIpc) is 3.48. The zero-order chi connectivity index (χ0) is 23.3. The highest BCUT2D eigenvalue weighted by molar-refractivity contribution is 7.83. The molecule has 1 aliphatic carbocycles. The first-order chi connectivity index (χ1) is 14.9. The fourth-order valence-electron chi connectivity index (χ4n) is 3.86. The van der Waals surface area contributed by atoms with Crippen LogP contribution in [0.2, 0.25) is 0 Å². The van der Waals surface area contributed by atoms with Crippen LogP contribution in [0.5, 0.6) is 0 Å². The Morgan fingerprint density at radius 3 is 2.56 bits per heavy atom. The second-order valence-corrected chi connectivity index (χ2v) is 11.1. The third-order valence-electron chi connectivity index (χ3n) is 5.39. The molecule has 32 heavy (non-hydrogen) atoms. The number of rotatable bonds is 6. The number of nitrogens with zero attached hydrogens (tertiary/aromatic N) is 2. The van der Waals surface area contributed by atoms with E-state index in [2.05, 4.69) is 25.5 Å². The highest BCUT2D eigenvalue weighted by Crippen LogP contribution is 2.37. The summed E-state index contributed by atoms with van der Waals surface area (Å²) in [6.07, 6.45) is 0.486. The fourth-order valence-corrected chi connectivity index (χ4v) is 4.96. The lowest BCUT2D eigenvalue weighted by Crippen LogP contribution is -2.34. The van der Waals surface area contributed by atoms with Gasteiger partial charge in [0.05, 0.1) is 16.5 Å². The van der Waals surface area contributed by atoms with E-state index in [0.29, 0.717) is 17.8 Å². The van der Waals surface area contributed by atoms with Crippen molar-refractivity contribution in [1.29, 1.82) is 0 Å². The Balaban J connectivity index is 1.81. The van der Waals surface area contributed by atoms with Crippen molar-refractivity contribution >= 4 is 21.9 Å². The van der Waals surface area contributed by atoms with Crippen LogP contribution in [0, 0.1) is 5.41 Å². The Morgan fingerprint density at radius 2 is 1.94 bits per heavy atom. The predicted molar refractivity (Wildman–Crippen MR) is 117 cm³/mol. The molecule has 0 amide bonds. The van der Waals surface area contributed by atoms with Gasteiger partial charge in [-0.05, 0) is 42.0 Å². The van der Waals surface area contributed by atoms with Crippen molar-refractivity contribution in [3.8, 4) is 11.3 Å². The van der Waals surface area contributed by atoms with Crippen LogP contribution in [0.15, 0.2) is 42.7 Å². The maximum Gasteiger partial charge on any atom is 0.422 e. The van der Waals surface area contributed by atoms with Crippen molar-refractivity contribution in [3.63, 3.8) is 0 Å². The van der Waals surface area contributed by atoms with Crippen LogP contribution in [0.25, 0.3) is 22.2 Å². The van der Waals surface area contributed by atoms with Crippen LogP contribution in [0.1, 0.15) is 44.7 Å². The monoisotopic (exact) mass is 466 g/mol. The average molecular weight is 467 g/mol. The van der Waals surface area contributed by atoms with E-state index in [1.54, 1.807) is 18.2 Å². The molecule has 1 unspecified atom stereocenters. The quantitative estimate of drug-likeness (QED) is 0.405. The van der Waals surface area contributed by atoms with Gasteiger partial charge in [-0.15, -0.1) is 0 Å². The molecule has 3 aromatic rings. The van der Waals surface area contributed by atoms with Gasteiger partial charge >= 0.3 is 6.18 Å². The van der Waals surface area contributed by atoms with Gasteiger partial charge in [-0.25, -0.2) is 8.93 Å². The molecule has 0 bridgehead atoms. The summed E-state index contributed by atoms with van der Waals surface area (Å²) in [5.74, 6) is 0. The minimum atomic E-state index is -4.61. The summed E-state index contributed by atoms with van der Waals surface area (Å²) >= 11 is 0. The second kappa shape index (κ2) is 8.19. The van der Waals surface area contributed by atoms with Crippen LogP contribution < -0.4 is 9.45 Å². The second-order valence-electron chi connectivity index (χ2n) is 9.51. The lowest BCUT2D eigenvalue weighted by molar-refractivity contribution is -0.896. The summed E-state index contributed by atoms with van der Waals surface area (Å²) in [6.45, 7) is 7.32. The first-order valence-electron chi connectivity index (χ1n) is 10.5. The minimum absolute atomic E-state index is 0.0652. The lowest BCUT2D eigenvalue weighted by Gasteiger charge is -2.20. The molecule has 1 saturated carbocycles. The van der Waals surface area contributed by atoms with Crippen LogP contribution in [-0.2, 0) is 30.3 Å². The highest BCUT2D eigenvalue weighted by atomic mass is 32.2. The summed E-state index contributed by atoms with van der Waals surface area (Å²) in [5, 5.41) is 11.3. The number of hydrogen-bond donors (Lipinski definition) is 2. The molecule has 1 aliphatic rings. The van der Waals surface area contributed by atoms with E-state index in [0.717, 1.165) is 41.4 Å². The molecule has 1 fully saturated rings. The molecule has 1 aromatic carbocycles. The maximum atomic E-state index is 13.6. The SMILES string of the molecule is CC(C)(C)Cn1cc(CNS(=O)C2CC2)c2ccc(-c3c(C(F)(F)F)ccc[n+]3O)cc21.